The van der Waals surface area contributed by atoms with Gasteiger partial charge >= 0.3 is 0 Å². The Morgan fingerprint density at radius 3 is 2.42 bits per heavy atom. The number of aryl methyl sites for hydroxylation is 1. The topological polar surface area (TPSA) is 37.8 Å². The summed E-state index contributed by atoms with van der Waals surface area (Å²) in [5, 5.41) is 3.33. The molecule has 0 atom stereocenters. The van der Waals surface area contributed by atoms with E-state index in [2.05, 4.69) is 60.3 Å². The van der Waals surface area contributed by atoms with E-state index < -0.39 is 0 Å². The van der Waals surface area contributed by atoms with Gasteiger partial charge in [-0.15, -0.1) is 0 Å². The highest BCUT2D eigenvalue weighted by atomic mass is 15.0. The number of hydrogen-bond donors (Lipinski definition) is 1. The summed E-state index contributed by atoms with van der Waals surface area (Å²) in [7, 11) is 0. The number of nitrogens with one attached hydrogen (secondary N) is 1. The summed E-state index contributed by atoms with van der Waals surface area (Å²) in [6, 6.07) is 10.4. The lowest BCUT2D eigenvalue weighted by Gasteiger charge is -2.12. The highest BCUT2D eigenvalue weighted by Gasteiger charge is 2.09. The van der Waals surface area contributed by atoms with Crippen LogP contribution in [0.5, 0.6) is 0 Å². The number of aromatic nitrogens is 2. The van der Waals surface area contributed by atoms with E-state index in [0.29, 0.717) is 0 Å². The van der Waals surface area contributed by atoms with E-state index >= 15 is 0 Å². The van der Waals surface area contributed by atoms with Crippen LogP contribution < -0.4 is 5.32 Å². The normalized spacial score (nSPS) is 10.5. The molecule has 1 N–H and O–H groups in total. The standard InChI is InChI=1S/C16H21N3/c1-4-14-12(3)16(17-5-2)19-15(18-14)11-13-9-7-6-8-10-13/h6-10H,4-5,11H2,1-3H3,(H,17,18,19). The largest absolute Gasteiger partial charge is 0.370 e. The minimum Gasteiger partial charge on any atom is -0.370 e. The van der Waals surface area contributed by atoms with Crippen LogP contribution in [0.15, 0.2) is 30.3 Å². The molecule has 0 aliphatic rings. The Morgan fingerprint density at radius 1 is 1.05 bits per heavy atom. The molecule has 0 amide bonds. The molecule has 1 heterocycles. The van der Waals surface area contributed by atoms with Gasteiger partial charge < -0.3 is 5.32 Å². The van der Waals surface area contributed by atoms with Gasteiger partial charge in [0.25, 0.3) is 0 Å². The first-order chi connectivity index (χ1) is 9.24. The van der Waals surface area contributed by atoms with Crippen LogP contribution in [0, 0.1) is 6.92 Å². The smallest absolute Gasteiger partial charge is 0.135 e. The molecule has 1 aromatic heterocycles. The Bertz CT molecular complexity index is 535. The minimum atomic E-state index is 0.784. The van der Waals surface area contributed by atoms with Gasteiger partial charge in [0.2, 0.25) is 0 Å². The van der Waals surface area contributed by atoms with Crippen LogP contribution in [-0.2, 0) is 12.8 Å². The average Bonchev–Trinajstić information content (AvgIpc) is 2.43. The van der Waals surface area contributed by atoms with Gasteiger partial charge in [-0.05, 0) is 25.8 Å². The first kappa shape index (κ1) is 13.5. The van der Waals surface area contributed by atoms with E-state index in [1.54, 1.807) is 0 Å². The lowest BCUT2D eigenvalue weighted by atomic mass is 10.1. The molecule has 0 unspecified atom stereocenters. The first-order valence-electron chi connectivity index (χ1n) is 6.88. The second kappa shape index (κ2) is 6.32. The molecule has 0 fully saturated rings. The highest BCUT2D eigenvalue weighted by Crippen LogP contribution is 2.17. The van der Waals surface area contributed by atoms with Crippen LogP contribution in [-0.4, -0.2) is 16.5 Å². The molecule has 3 nitrogen and oxygen atoms in total. The Hall–Kier alpha value is -1.90. The Kier molecular flexibility index (Phi) is 4.50. The molecule has 0 spiro atoms. The van der Waals surface area contributed by atoms with Crippen molar-refractivity contribution in [2.24, 2.45) is 0 Å². The van der Waals surface area contributed by atoms with Crippen LogP contribution in [0.1, 0.15) is 36.5 Å². The number of rotatable bonds is 5. The quantitative estimate of drug-likeness (QED) is 0.890. The van der Waals surface area contributed by atoms with E-state index in [1.165, 1.54) is 11.1 Å². The first-order valence-corrected chi connectivity index (χ1v) is 6.88. The second-order valence-electron chi connectivity index (χ2n) is 4.61. The second-order valence-corrected chi connectivity index (χ2v) is 4.61. The van der Waals surface area contributed by atoms with Gasteiger partial charge in [-0.3, -0.25) is 0 Å². The van der Waals surface area contributed by atoms with Gasteiger partial charge in [-0.1, -0.05) is 37.3 Å². The van der Waals surface area contributed by atoms with Gasteiger partial charge in [-0.2, -0.15) is 0 Å². The summed E-state index contributed by atoms with van der Waals surface area (Å²) < 4.78 is 0. The summed E-state index contributed by atoms with van der Waals surface area (Å²) in [5.74, 6) is 1.87. The van der Waals surface area contributed by atoms with Gasteiger partial charge in [0.05, 0.1) is 0 Å². The van der Waals surface area contributed by atoms with E-state index in [1.807, 2.05) is 6.07 Å². The Balaban J connectivity index is 2.32. The molecule has 0 aliphatic carbocycles. The van der Waals surface area contributed by atoms with Crippen molar-refractivity contribution in [3.8, 4) is 0 Å². The molecule has 2 aromatic rings. The molecule has 1 aromatic carbocycles. The third-order valence-electron chi connectivity index (χ3n) is 3.18. The molecular weight excluding hydrogens is 234 g/mol. The van der Waals surface area contributed by atoms with Crippen molar-refractivity contribution in [2.75, 3.05) is 11.9 Å². The summed E-state index contributed by atoms with van der Waals surface area (Å²) >= 11 is 0. The zero-order chi connectivity index (χ0) is 13.7. The van der Waals surface area contributed by atoms with E-state index in [0.717, 1.165) is 36.7 Å². The monoisotopic (exact) mass is 255 g/mol. The zero-order valence-electron chi connectivity index (χ0n) is 11.9. The van der Waals surface area contributed by atoms with E-state index in [-0.39, 0.29) is 0 Å². The van der Waals surface area contributed by atoms with Crippen molar-refractivity contribution in [3.05, 3.63) is 53.0 Å². The predicted octanol–water partition coefficient (Wildman–Crippen LogP) is 3.37. The maximum absolute atomic E-state index is 4.68. The molecule has 0 saturated heterocycles. The third-order valence-corrected chi connectivity index (χ3v) is 3.18. The number of hydrogen-bond acceptors (Lipinski definition) is 3. The third kappa shape index (κ3) is 3.31. The lowest BCUT2D eigenvalue weighted by Crippen LogP contribution is -2.09. The molecule has 100 valence electrons. The van der Waals surface area contributed by atoms with Crippen molar-refractivity contribution in [1.82, 2.24) is 9.97 Å². The molecule has 3 heteroatoms. The average molecular weight is 255 g/mol. The Labute approximate surface area is 115 Å². The molecule has 0 aliphatic heterocycles. The molecule has 0 bridgehead atoms. The molecule has 0 radical (unpaired) electrons. The minimum absolute atomic E-state index is 0.784. The maximum atomic E-state index is 4.68. The SMILES string of the molecule is CCNc1nc(Cc2ccccc2)nc(CC)c1C. The fraction of sp³-hybridized carbons (Fsp3) is 0.375. The van der Waals surface area contributed by atoms with E-state index in [9.17, 15) is 0 Å². The summed E-state index contributed by atoms with van der Waals surface area (Å²) in [4.78, 5) is 9.32. The van der Waals surface area contributed by atoms with Crippen LogP contribution in [0.2, 0.25) is 0 Å². The summed E-state index contributed by atoms with van der Waals surface area (Å²) in [5.41, 5.74) is 3.55. The zero-order valence-corrected chi connectivity index (χ0v) is 11.9. The number of anilines is 1. The fourth-order valence-corrected chi connectivity index (χ4v) is 2.16. The van der Waals surface area contributed by atoms with Crippen molar-refractivity contribution in [2.45, 2.75) is 33.6 Å². The van der Waals surface area contributed by atoms with Gasteiger partial charge in [0, 0.05) is 24.2 Å². The molecule has 2 rings (SSSR count). The van der Waals surface area contributed by atoms with Crippen LogP contribution in [0.4, 0.5) is 5.82 Å². The summed E-state index contributed by atoms with van der Waals surface area (Å²) in [6.45, 7) is 7.19. The highest BCUT2D eigenvalue weighted by molar-refractivity contribution is 5.46. The Morgan fingerprint density at radius 2 is 1.79 bits per heavy atom. The maximum Gasteiger partial charge on any atom is 0.135 e. The van der Waals surface area contributed by atoms with Crippen LogP contribution >= 0.6 is 0 Å². The number of benzene rings is 1. The van der Waals surface area contributed by atoms with E-state index in [4.69, 9.17) is 0 Å². The van der Waals surface area contributed by atoms with Crippen molar-refractivity contribution in [3.63, 3.8) is 0 Å². The van der Waals surface area contributed by atoms with Crippen molar-refractivity contribution >= 4 is 5.82 Å². The van der Waals surface area contributed by atoms with Crippen molar-refractivity contribution in [1.29, 1.82) is 0 Å². The van der Waals surface area contributed by atoms with Crippen molar-refractivity contribution < 1.29 is 0 Å². The predicted molar refractivity (Wildman–Crippen MR) is 79.6 cm³/mol. The molecule has 0 saturated carbocycles. The van der Waals surface area contributed by atoms with Gasteiger partial charge in [0.15, 0.2) is 0 Å². The lowest BCUT2D eigenvalue weighted by molar-refractivity contribution is 0.887. The number of nitrogens with zero attached hydrogens (tertiary/aromatic N) is 2. The molecule has 19 heavy (non-hydrogen) atoms. The van der Waals surface area contributed by atoms with Gasteiger partial charge in [0.1, 0.15) is 11.6 Å². The summed E-state index contributed by atoms with van der Waals surface area (Å²) in [6.07, 6.45) is 1.72. The van der Waals surface area contributed by atoms with Crippen LogP contribution in [0.25, 0.3) is 0 Å². The van der Waals surface area contributed by atoms with Crippen LogP contribution in [0.3, 0.4) is 0 Å². The molecular formula is C16H21N3. The van der Waals surface area contributed by atoms with Gasteiger partial charge in [-0.25, -0.2) is 9.97 Å². The fourth-order valence-electron chi connectivity index (χ4n) is 2.16.